The molecule has 0 unspecified atom stereocenters. The fraction of sp³-hybridized carbons (Fsp3) is 0.389. The molecule has 1 aliphatic heterocycles. The van der Waals surface area contributed by atoms with Crippen molar-refractivity contribution in [2.24, 2.45) is 0 Å². The van der Waals surface area contributed by atoms with E-state index in [2.05, 4.69) is 52.7 Å². The van der Waals surface area contributed by atoms with E-state index in [9.17, 15) is 0 Å². The van der Waals surface area contributed by atoms with Crippen molar-refractivity contribution in [3.63, 3.8) is 0 Å². The van der Waals surface area contributed by atoms with Gasteiger partial charge in [0.05, 0.1) is 5.69 Å². The highest BCUT2D eigenvalue weighted by atomic mass is 15.2. The van der Waals surface area contributed by atoms with Gasteiger partial charge in [-0.05, 0) is 30.7 Å². The van der Waals surface area contributed by atoms with Gasteiger partial charge in [-0.2, -0.15) is 0 Å². The third-order valence-corrected chi connectivity index (χ3v) is 4.28. The monoisotopic (exact) mass is 279 g/mol. The molecule has 1 aromatic carbocycles. The van der Waals surface area contributed by atoms with Crippen LogP contribution < -0.4 is 10.2 Å². The van der Waals surface area contributed by atoms with Crippen LogP contribution in [0.4, 0.5) is 5.82 Å². The summed E-state index contributed by atoms with van der Waals surface area (Å²) in [6, 6.07) is 11.6. The van der Waals surface area contributed by atoms with Crippen molar-refractivity contribution < 1.29 is 0 Å². The van der Waals surface area contributed by atoms with E-state index in [1.54, 1.807) is 0 Å². The summed E-state index contributed by atoms with van der Waals surface area (Å²) in [6.07, 6.45) is 8.25. The highest BCUT2D eigenvalue weighted by Crippen LogP contribution is 2.27. The Morgan fingerprint density at radius 3 is 2.90 bits per heavy atom. The van der Waals surface area contributed by atoms with Crippen LogP contribution in [0.3, 0.4) is 0 Å². The first-order valence-electron chi connectivity index (χ1n) is 7.92. The van der Waals surface area contributed by atoms with E-state index >= 15 is 0 Å². The first kappa shape index (κ1) is 12.8. The minimum absolute atomic E-state index is 0.722. The Labute approximate surface area is 125 Å². The molecule has 1 aromatic heterocycles. The van der Waals surface area contributed by atoms with Gasteiger partial charge in [-0.25, -0.2) is 4.98 Å². The fourth-order valence-corrected chi connectivity index (χ4v) is 2.94. The van der Waals surface area contributed by atoms with Crippen LogP contribution in [0.2, 0.25) is 0 Å². The molecule has 1 N–H and O–H groups in total. The van der Waals surface area contributed by atoms with E-state index in [0.29, 0.717) is 0 Å². The van der Waals surface area contributed by atoms with Gasteiger partial charge in [0.15, 0.2) is 0 Å². The minimum atomic E-state index is 0.722. The van der Waals surface area contributed by atoms with Crippen molar-refractivity contribution >= 4 is 16.6 Å². The summed E-state index contributed by atoms with van der Waals surface area (Å²) < 4.78 is 0. The third kappa shape index (κ3) is 2.79. The Bertz CT molecular complexity index is 673. The molecular weight excluding hydrogens is 258 g/mol. The summed E-state index contributed by atoms with van der Waals surface area (Å²) in [6.45, 7) is 2.91. The number of hydrogen-bond acceptors (Lipinski definition) is 3. The Morgan fingerprint density at radius 2 is 2.10 bits per heavy atom. The molecule has 0 amide bonds. The van der Waals surface area contributed by atoms with Gasteiger partial charge >= 0.3 is 0 Å². The van der Waals surface area contributed by atoms with E-state index in [1.165, 1.54) is 23.6 Å². The molecule has 0 bridgehead atoms. The van der Waals surface area contributed by atoms with Crippen molar-refractivity contribution in [1.82, 2.24) is 10.3 Å². The van der Waals surface area contributed by atoms with Crippen LogP contribution in [0.25, 0.3) is 10.8 Å². The Morgan fingerprint density at radius 1 is 1.19 bits per heavy atom. The van der Waals surface area contributed by atoms with Gasteiger partial charge in [0.1, 0.15) is 5.82 Å². The van der Waals surface area contributed by atoms with Gasteiger partial charge in [0, 0.05) is 31.1 Å². The van der Waals surface area contributed by atoms with E-state index in [-0.39, 0.29) is 0 Å². The molecule has 3 heteroatoms. The van der Waals surface area contributed by atoms with Crippen LogP contribution in [0.1, 0.15) is 25.0 Å². The van der Waals surface area contributed by atoms with Gasteiger partial charge in [0.2, 0.25) is 0 Å². The summed E-state index contributed by atoms with van der Waals surface area (Å²) in [5, 5.41) is 6.14. The molecule has 2 heterocycles. The van der Waals surface area contributed by atoms with Crippen LogP contribution in [-0.2, 0) is 6.54 Å². The SMILES string of the molecule is C1=CCN(c2nc(CNC3CC3)cc3ccccc23)CC1. The van der Waals surface area contributed by atoms with Crippen molar-refractivity contribution in [1.29, 1.82) is 0 Å². The van der Waals surface area contributed by atoms with E-state index < -0.39 is 0 Å². The molecule has 21 heavy (non-hydrogen) atoms. The summed E-state index contributed by atoms with van der Waals surface area (Å²) in [4.78, 5) is 7.35. The minimum Gasteiger partial charge on any atom is -0.352 e. The highest BCUT2D eigenvalue weighted by molar-refractivity contribution is 5.92. The predicted octanol–water partition coefficient (Wildman–Crippen LogP) is 3.25. The number of anilines is 1. The lowest BCUT2D eigenvalue weighted by Gasteiger charge is -2.26. The maximum absolute atomic E-state index is 4.95. The molecule has 2 aliphatic rings. The molecule has 1 aliphatic carbocycles. The predicted molar refractivity (Wildman–Crippen MR) is 87.6 cm³/mol. The molecule has 4 rings (SSSR count). The molecule has 0 atom stereocenters. The average molecular weight is 279 g/mol. The Hall–Kier alpha value is -1.87. The number of pyridine rings is 1. The second kappa shape index (κ2) is 5.49. The number of rotatable bonds is 4. The lowest BCUT2D eigenvalue weighted by molar-refractivity contribution is 0.673. The normalized spacial score (nSPS) is 18.4. The van der Waals surface area contributed by atoms with Crippen molar-refractivity contribution in [2.75, 3.05) is 18.0 Å². The maximum Gasteiger partial charge on any atom is 0.137 e. The largest absolute Gasteiger partial charge is 0.352 e. The summed E-state index contributed by atoms with van der Waals surface area (Å²) in [5.74, 6) is 1.14. The van der Waals surface area contributed by atoms with Crippen LogP contribution >= 0.6 is 0 Å². The molecule has 2 aromatic rings. The van der Waals surface area contributed by atoms with Gasteiger partial charge in [0.25, 0.3) is 0 Å². The molecule has 3 nitrogen and oxygen atoms in total. The number of hydrogen-bond donors (Lipinski definition) is 1. The van der Waals surface area contributed by atoms with Gasteiger partial charge in [-0.15, -0.1) is 0 Å². The van der Waals surface area contributed by atoms with Crippen LogP contribution in [-0.4, -0.2) is 24.1 Å². The van der Waals surface area contributed by atoms with E-state index in [1.807, 2.05) is 0 Å². The smallest absolute Gasteiger partial charge is 0.137 e. The number of nitrogens with zero attached hydrogens (tertiary/aromatic N) is 2. The number of fused-ring (bicyclic) bond motifs is 1. The Kier molecular flexibility index (Phi) is 3.36. The molecule has 108 valence electrons. The summed E-state index contributed by atoms with van der Waals surface area (Å²) in [7, 11) is 0. The number of aromatic nitrogens is 1. The van der Waals surface area contributed by atoms with Crippen LogP contribution in [0.15, 0.2) is 42.5 Å². The zero-order valence-electron chi connectivity index (χ0n) is 12.3. The second-order valence-electron chi connectivity index (χ2n) is 6.02. The highest BCUT2D eigenvalue weighted by Gasteiger charge is 2.21. The molecule has 1 saturated carbocycles. The summed E-state index contributed by atoms with van der Waals surface area (Å²) >= 11 is 0. The Balaban J connectivity index is 1.72. The van der Waals surface area contributed by atoms with Crippen LogP contribution in [0, 0.1) is 0 Å². The van der Waals surface area contributed by atoms with Gasteiger partial charge in [-0.1, -0.05) is 36.4 Å². The second-order valence-corrected chi connectivity index (χ2v) is 6.02. The van der Waals surface area contributed by atoms with E-state index in [4.69, 9.17) is 4.98 Å². The molecule has 0 saturated heterocycles. The average Bonchev–Trinajstić information content (AvgIpc) is 3.37. The van der Waals surface area contributed by atoms with E-state index in [0.717, 1.165) is 43.6 Å². The zero-order valence-corrected chi connectivity index (χ0v) is 12.3. The molecule has 0 spiro atoms. The van der Waals surface area contributed by atoms with Crippen molar-refractivity contribution in [3.8, 4) is 0 Å². The lowest BCUT2D eigenvalue weighted by atomic mass is 10.1. The fourth-order valence-electron chi connectivity index (χ4n) is 2.94. The molecule has 1 fully saturated rings. The quantitative estimate of drug-likeness (QED) is 0.871. The molecule has 0 radical (unpaired) electrons. The number of nitrogens with one attached hydrogen (secondary N) is 1. The third-order valence-electron chi connectivity index (χ3n) is 4.28. The van der Waals surface area contributed by atoms with Crippen molar-refractivity contribution in [3.05, 3.63) is 48.2 Å². The summed E-state index contributed by atoms with van der Waals surface area (Å²) in [5.41, 5.74) is 1.16. The first-order valence-corrected chi connectivity index (χ1v) is 7.92. The topological polar surface area (TPSA) is 28.2 Å². The lowest BCUT2D eigenvalue weighted by Crippen LogP contribution is -2.28. The van der Waals surface area contributed by atoms with Crippen molar-refractivity contribution in [2.45, 2.75) is 31.8 Å². The van der Waals surface area contributed by atoms with Gasteiger partial charge in [-0.3, -0.25) is 0 Å². The maximum atomic E-state index is 4.95. The first-order chi connectivity index (χ1) is 10.4. The zero-order chi connectivity index (χ0) is 14.1. The molecular formula is C18H21N3. The van der Waals surface area contributed by atoms with Crippen LogP contribution in [0.5, 0.6) is 0 Å². The number of benzene rings is 1. The standard InChI is InChI=1S/C18H21N3/c1-4-10-21(11-5-1)18-17-7-3-2-6-14(17)12-16(20-18)13-19-15-8-9-15/h1-4,6-7,12,15,19H,5,8-11,13H2. The van der Waals surface area contributed by atoms with Gasteiger partial charge < -0.3 is 10.2 Å².